The topological polar surface area (TPSA) is 6.48 Å². The van der Waals surface area contributed by atoms with Gasteiger partial charge in [-0.15, -0.1) is 0 Å². The molecule has 2 nitrogen and oxygen atoms in total. The zero-order chi connectivity index (χ0) is 74.2. The van der Waals surface area contributed by atoms with E-state index >= 15 is 0 Å². The molecule has 0 radical (unpaired) electrons. The van der Waals surface area contributed by atoms with Crippen LogP contribution in [0, 0.1) is 41.5 Å². The van der Waals surface area contributed by atoms with Gasteiger partial charge in [0.1, 0.15) is 0 Å². The largest absolute Gasteiger partial charge is 0.310 e. The first-order valence-corrected chi connectivity index (χ1v) is 38.7. The maximum absolute atomic E-state index is 2.62. The monoisotopic (exact) mass is 1390 g/mol. The summed E-state index contributed by atoms with van der Waals surface area (Å²) in [4.78, 5) is 4.89. The molecule has 0 heterocycles. The van der Waals surface area contributed by atoms with Crippen molar-refractivity contribution in [3.8, 4) is 89.0 Å². The van der Waals surface area contributed by atoms with Gasteiger partial charge in [-0.3, -0.25) is 0 Å². The average Bonchev–Trinajstić information content (AvgIpc) is 1.52. The van der Waals surface area contributed by atoms with Crippen LogP contribution in [0.3, 0.4) is 0 Å². The van der Waals surface area contributed by atoms with Crippen LogP contribution in [-0.2, 0) is 16.2 Å². The van der Waals surface area contributed by atoms with Crippen LogP contribution in [-0.4, -0.2) is 0 Å². The van der Waals surface area contributed by atoms with Crippen molar-refractivity contribution in [1.82, 2.24) is 0 Å². The predicted molar refractivity (Wildman–Crippen MR) is 458 cm³/mol. The van der Waals surface area contributed by atoms with Crippen molar-refractivity contribution < 1.29 is 0 Å². The Morgan fingerprint density at radius 2 is 0.495 bits per heavy atom. The van der Waals surface area contributed by atoms with Gasteiger partial charge in [-0.05, 0) is 330 Å². The Morgan fingerprint density at radius 1 is 0.234 bits per heavy atom. The highest BCUT2D eigenvalue weighted by Gasteiger charge is 2.57. The summed E-state index contributed by atoms with van der Waals surface area (Å²) in [7, 11) is 0. The molecule has 0 N–H and O–H groups in total. The molecule has 2 aliphatic carbocycles. The van der Waals surface area contributed by atoms with Crippen molar-refractivity contribution in [1.29, 1.82) is 0 Å². The Labute approximate surface area is 636 Å². The first-order valence-electron chi connectivity index (χ1n) is 38.7. The van der Waals surface area contributed by atoms with E-state index in [1.165, 1.54) is 156 Å². The van der Waals surface area contributed by atoms with Crippen LogP contribution in [0.15, 0.2) is 303 Å². The molecule has 0 unspecified atom stereocenters. The van der Waals surface area contributed by atoms with E-state index in [0.717, 1.165) is 47.0 Å². The van der Waals surface area contributed by atoms with Gasteiger partial charge in [0.2, 0.25) is 0 Å². The van der Waals surface area contributed by atoms with Crippen LogP contribution in [0.4, 0.5) is 34.1 Å². The molecule has 0 fully saturated rings. The standard InChI is InChI=1S/C105H98N2/c1-67(2)75-33-37-77(38-34-75)79-41-49-91(50-42-79)106(93-53-45-81(46-54-93)83-25-17-29-87(59-83)99-69(5)21-15-22-70(99)6)95-31-19-27-85(61-95)89-57-73(9)101-97(63-89)105(65-103(101,11)12)66-104(13,14)102-74(10)58-90(64-98(102)105)86-28-20-32-96(62-86)107(92-51-43-80(44-52-92)78-39-35-76(36-40-78)68(3)4)94-55-47-82(48-56-94)84-26-18-30-88(60-84)100-71(7)23-16-24-72(100)8/h15-64,67-68H,65-66H2,1-14H3. The fraction of sp³-hybridized carbons (Fsp3) is 0.200. The molecule has 0 bridgehead atoms. The van der Waals surface area contributed by atoms with E-state index in [0.29, 0.717) is 11.8 Å². The molecular formula is C105H98N2. The van der Waals surface area contributed by atoms with E-state index in [4.69, 9.17) is 0 Å². The average molecular weight is 1390 g/mol. The van der Waals surface area contributed by atoms with Gasteiger partial charge in [0.15, 0.2) is 0 Å². The zero-order valence-electron chi connectivity index (χ0n) is 64.8. The van der Waals surface area contributed by atoms with E-state index in [1.807, 2.05) is 0 Å². The molecule has 2 heteroatoms. The molecule has 0 aliphatic heterocycles. The Morgan fingerprint density at radius 3 is 0.804 bits per heavy atom. The third kappa shape index (κ3) is 13.2. The van der Waals surface area contributed by atoms with Crippen molar-refractivity contribution >= 4 is 34.1 Å². The number of hydrogen-bond acceptors (Lipinski definition) is 2. The second-order valence-electron chi connectivity index (χ2n) is 32.8. The van der Waals surface area contributed by atoms with Crippen molar-refractivity contribution in [3.63, 3.8) is 0 Å². The lowest BCUT2D eigenvalue weighted by molar-refractivity contribution is 0.349. The molecule has 16 rings (SSSR count). The van der Waals surface area contributed by atoms with Crippen molar-refractivity contribution in [3.05, 3.63) is 370 Å². The number of fused-ring (bicyclic) bond motifs is 4. The van der Waals surface area contributed by atoms with Crippen molar-refractivity contribution in [2.75, 3.05) is 9.80 Å². The zero-order valence-corrected chi connectivity index (χ0v) is 64.8. The van der Waals surface area contributed by atoms with Gasteiger partial charge in [0.05, 0.1) is 0 Å². The molecule has 14 aromatic rings. The predicted octanol–water partition coefficient (Wildman–Crippen LogP) is 29.7. The van der Waals surface area contributed by atoms with Gasteiger partial charge < -0.3 is 9.80 Å². The van der Waals surface area contributed by atoms with Crippen LogP contribution in [0.2, 0.25) is 0 Å². The quantitative estimate of drug-likeness (QED) is 0.0951. The first-order chi connectivity index (χ1) is 51.6. The Balaban J connectivity index is 0.769. The van der Waals surface area contributed by atoms with Crippen LogP contribution >= 0.6 is 0 Å². The van der Waals surface area contributed by atoms with Crippen molar-refractivity contribution in [2.45, 2.75) is 138 Å². The summed E-state index contributed by atoms with van der Waals surface area (Å²) >= 11 is 0. The fourth-order valence-corrected chi connectivity index (χ4v) is 18.9. The second kappa shape index (κ2) is 27.9. The molecule has 1 spiro atoms. The Hall–Kier alpha value is -11.3. The summed E-state index contributed by atoms with van der Waals surface area (Å²) in [6.07, 6.45) is 2.07. The molecule has 0 saturated carbocycles. The van der Waals surface area contributed by atoms with Crippen LogP contribution in [0.5, 0.6) is 0 Å². The molecule has 107 heavy (non-hydrogen) atoms. The second-order valence-corrected chi connectivity index (χ2v) is 32.8. The van der Waals surface area contributed by atoms with Crippen molar-refractivity contribution in [2.24, 2.45) is 0 Å². The number of rotatable bonds is 16. The van der Waals surface area contributed by atoms with E-state index in [1.54, 1.807) is 0 Å². The van der Waals surface area contributed by atoms with E-state index in [2.05, 4.69) is 410 Å². The molecule has 0 saturated heterocycles. The maximum Gasteiger partial charge on any atom is 0.0467 e. The van der Waals surface area contributed by atoms with Gasteiger partial charge in [-0.2, -0.15) is 0 Å². The maximum atomic E-state index is 2.62. The number of benzene rings is 14. The molecule has 0 aromatic heterocycles. The van der Waals surface area contributed by atoms with Gasteiger partial charge >= 0.3 is 0 Å². The number of nitrogens with zero attached hydrogens (tertiary/aromatic N) is 2. The van der Waals surface area contributed by atoms with E-state index in [-0.39, 0.29) is 16.2 Å². The third-order valence-corrected chi connectivity index (χ3v) is 23.7. The number of anilines is 6. The highest BCUT2D eigenvalue weighted by atomic mass is 15.1. The van der Waals surface area contributed by atoms with Crippen LogP contribution in [0.1, 0.15) is 147 Å². The SMILES string of the molecule is Cc1cccc(C)c1-c1cccc(-c2ccc(N(c3ccc(-c4ccc(C(C)C)cc4)cc3)c3cccc(-c4cc(C)c5c(c4)C4(CC5(C)C)CC(C)(C)c5c(C)cc(-c6cccc(N(c7ccc(-c8ccc(C(C)C)cc8)cc7)c7ccc(-c8cccc(-c9c(C)cccc9C)c8)cc7)c6)cc54)c3)cc2)c1. The smallest absolute Gasteiger partial charge is 0.0467 e. The van der Waals surface area contributed by atoms with Crippen LogP contribution in [0.25, 0.3) is 89.0 Å². The molecular weight excluding hydrogens is 1290 g/mol. The molecule has 2 aliphatic rings. The van der Waals surface area contributed by atoms with Gasteiger partial charge in [0, 0.05) is 39.5 Å². The summed E-state index contributed by atoms with van der Waals surface area (Å²) < 4.78 is 0. The molecule has 528 valence electrons. The lowest BCUT2D eigenvalue weighted by Gasteiger charge is -2.31. The van der Waals surface area contributed by atoms with Gasteiger partial charge in [-0.1, -0.05) is 262 Å². The third-order valence-electron chi connectivity index (χ3n) is 23.7. The summed E-state index contributed by atoms with van der Waals surface area (Å²) in [6, 6.07) is 115. The lowest BCUT2D eigenvalue weighted by Crippen LogP contribution is -2.27. The minimum Gasteiger partial charge on any atom is -0.310 e. The summed E-state index contributed by atoms with van der Waals surface area (Å²) in [6.45, 7) is 32.7. The van der Waals surface area contributed by atoms with Gasteiger partial charge in [0.25, 0.3) is 0 Å². The van der Waals surface area contributed by atoms with Crippen LogP contribution < -0.4 is 9.80 Å². The van der Waals surface area contributed by atoms with Gasteiger partial charge in [-0.25, -0.2) is 0 Å². The summed E-state index contributed by atoms with van der Waals surface area (Å²) in [5, 5.41) is 0. The summed E-state index contributed by atoms with van der Waals surface area (Å²) in [5.74, 6) is 0.958. The Bertz CT molecular complexity index is 5270. The molecule has 14 aromatic carbocycles. The minimum atomic E-state index is -0.222. The minimum absolute atomic E-state index is 0.0699. The normalized spacial score (nSPS) is 13.8. The fourth-order valence-electron chi connectivity index (χ4n) is 18.9. The number of hydrogen-bond donors (Lipinski definition) is 0. The Kier molecular flexibility index (Phi) is 18.2. The van der Waals surface area contributed by atoms with E-state index < -0.39 is 0 Å². The van der Waals surface area contributed by atoms with E-state index in [9.17, 15) is 0 Å². The highest BCUT2D eigenvalue weighted by molar-refractivity contribution is 5.87. The first kappa shape index (κ1) is 70.0. The lowest BCUT2D eigenvalue weighted by atomic mass is 9.72. The molecule has 0 amide bonds. The molecule has 0 atom stereocenters. The summed E-state index contributed by atoms with van der Waals surface area (Å²) in [5.41, 5.74) is 42.5. The highest BCUT2D eigenvalue weighted by Crippen LogP contribution is 2.65. The number of aryl methyl sites for hydroxylation is 6.